The molecule has 3 nitrogen and oxygen atoms in total. The zero-order valence-corrected chi connectivity index (χ0v) is 27.5. The fraction of sp³-hybridized carbons (Fsp3) is 0.0682. The molecule has 7 aromatic rings. The molecular weight excluding hydrogens is 603 g/mol. The summed E-state index contributed by atoms with van der Waals surface area (Å²) >= 11 is 1.76. The molecule has 0 N–H and O–H groups in total. The highest BCUT2D eigenvalue weighted by molar-refractivity contribution is 7.99. The monoisotopic (exact) mass is 633 g/mol. The Balaban J connectivity index is 1.16. The first kappa shape index (κ1) is 29.6. The van der Waals surface area contributed by atoms with Gasteiger partial charge in [0.15, 0.2) is 5.82 Å². The van der Waals surface area contributed by atoms with E-state index in [1.54, 1.807) is 11.8 Å². The van der Waals surface area contributed by atoms with Crippen molar-refractivity contribution in [2.24, 2.45) is 0 Å². The molecule has 48 heavy (non-hydrogen) atoms. The standard InChI is InChI=1S/C44H31N3S/c1-44(2)37-23-22-34(26-41(37)48-40-21-11-20-36(28-45)42(40)44)32-17-9-16-31(24-32)33-18-10-19-35(25-33)43-46-38(29-12-5-3-6-13-29)27-39(47-43)30-14-7-4-8-15-30/h3-27H,1-2H3. The molecule has 228 valence electrons. The average molecular weight is 634 g/mol. The zero-order chi connectivity index (χ0) is 32.7. The predicted molar refractivity (Wildman–Crippen MR) is 197 cm³/mol. The first-order valence-electron chi connectivity index (χ1n) is 16.0. The van der Waals surface area contributed by atoms with Crippen molar-refractivity contribution in [3.8, 4) is 62.2 Å². The molecule has 0 bridgehead atoms. The first-order valence-corrected chi connectivity index (χ1v) is 16.9. The van der Waals surface area contributed by atoms with Gasteiger partial charge < -0.3 is 0 Å². The molecule has 6 aromatic carbocycles. The molecule has 1 aromatic heterocycles. The summed E-state index contributed by atoms with van der Waals surface area (Å²) in [6.45, 7) is 4.45. The van der Waals surface area contributed by atoms with Crippen LogP contribution in [-0.4, -0.2) is 9.97 Å². The van der Waals surface area contributed by atoms with E-state index in [4.69, 9.17) is 9.97 Å². The van der Waals surface area contributed by atoms with Gasteiger partial charge in [0.25, 0.3) is 0 Å². The van der Waals surface area contributed by atoms with E-state index in [0.717, 1.165) is 60.8 Å². The summed E-state index contributed by atoms with van der Waals surface area (Å²) in [5, 5.41) is 9.82. The van der Waals surface area contributed by atoms with Crippen LogP contribution in [0.5, 0.6) is 0 Å². The maximum atomic E-state index is 9.82. The molecule has 4 heteroatoms. The van der Waals surface area contributed by atoms with Crippen LogP contribution in [0.3, 0.4) is 0 Å². The van der Waals surface area contributed by atoms with Crippen LogP contribution in [0.4, 0.5) is 0 Å². The smallest absolute Gasteiger partial charge is 0.160 e. The van der Waals surface area contributed by atoms with Crippen LogP contribution < -0.4 is 0 Å². The molecule has 2 heterocycles. The van der Waals surface area contributed by atoms with Crippen LogP contribution >= 0.6 is 11.8 Å². The van der Waals surface area contributed by atoms with Gasteiger partial charge >= 0.3 is 0 Å². The van der Waals surface area contributed by atoms with Gasteiger partial charge in [0.2, 0.25) is 0 Å². The Hall–Kier alpha value is -5.76. The average Bonchev–Trinajstić information content (AvgIpc) is 3.15. The molecule has 0 unspecified atom stereocenters. The van der Waals surface area contributed by atoms with Gasteiger partial charge in [0, 0.05) is 31.9 Å². The van der Waals surface area contributed by atoms with E-state index >= 15 is 0 Å². The third kappa shape index (κ3) is 5.39. The number of nitrogens with zero attached hydrogens (tertiary/aromatic N) is 3. The number of fused-ring (bicyclic) bond motifs is 2. The second-order valence-corrected chi connectivity index (χ2v) is 13.7. The normalized spacial score (nSPS) is 12.9. The van der Waals surface area contributed by atoms with Gasteiger partial charge in [-0.3, -0.25) is 0 Å². The summed E-state index contributed by atoms with van der Waals surface area (Å²) in [6, 6.07) is 55.1. The van der Waals surface area contributed by atoms with Crippen LogP contribution in [0.25, 0.3) is 56.2 Å². The largest absolute Gasteiger partial charge is 0.228 e. The lowest BCUT2D eigenvalue weighted by molar-refractivity contribution is 0.605. The number of hydrogen-bond acceptors (Lipinski definition) is 4. The molecule has 0 saturated carbocycles. The molecule has 0 atom stereocenters. The Labute approximate surface area is 285 Å². The van der Waals surface area contributed by atoms with Gasteiger partial charge in [-0.05, 0) is 69.8 Å². The third-order valence-electron chi connectivity index (χ3n) is 9.16. The van der Waals surface area contributed by atoms with E-state index in [1.807, 2.05) is 48.5 Å². The molecule has 1 aliphatic heterocycles. The van der Waals surface area contributed by atoms with E-state index in [0.29, 0.717) is 5.82 Å². The third-order valence-corrected chi connectivity index (χ3v) is 10.3. The van der Waals surface area contributed by atoms with Crippen molar-refractivity contribution in [3.05, 3.63) is 168 Å². The fourth-order valence-electron chi connectivity index (χ4n) is 6.72. The van der Waals surface area contributed by atoms with Gasteiger partial charge in [-0.1, -0.05) is 141 Å². The molecule has 0 radical (unpaired) electrons. The second-order valence-electron chi connectivity index (χ2n) is 12.6. The highest BCUT2D eigenvalue weighted by Gasteiger charge is 2.35. The van der Waals surface area contributed by atoms with Crippen LogP contribution in [-0.2, 0) is 5.41 Å². The van der Waals surface area contributed by atoms with E-state index in [9.17, 15) is 5.26 Å². The zero-order valence-electron chi connectivity index (χ0n) is 26.7. The van der Waals surface area contributed by atoms with Gasteiger partial charge in [-0.25, -0.2) is 9.97 Å². The first-order chi connectivity index (χ1) is 23.5. The lowest BCUT2D eigenvalue weighted by Gasteiger charge is -2.35. The lowest BCUT2D eigenvalue weighted by atomic mass is 9.75. The topological polar surface area (TPSA) is 49.6 Å². The van der Waals surface area contributed by atoms with Crippen molar-refractivity contribution in [2.45, 2.75) is 29.1 Å². The van der Waals surface area contributed by atoms with Crippen LogP contribution in [0.15, 0.2) is 161 Å². The summed E-state index contributed by atoms with van der Waals surface area (Å²) in [7, 11) is 0. The number of nitriles is 1. The van der Waals surface area contributed by atoms with E-state index in [-0.39, 0.29) is 5.41 Å². The fourth-order valence-corrected chi connectivity index (χ4v) is 8.19. The molecule has 0 spiro atoms. The summed E-state index contributed by atoms with van der Waals surface area (Å²) in [5.41, 5.74) is 12.3. The van der Waals surface area contributed by atoms with Gasteiger partial charge in [-0.15, -0.1) is 0 Å². The molecule has 0 fully saturated rings. The molecule has 0 amide bonds. The summed E-state index contributed by atoms with van der Waals surface area (Å²) in [4.78, 5) is 12.5. The second kappa shape index (κ2) is 12.1. The number of rotatable bonds is 5. The number of aromatic nitrogens is 2. The van der Waals surface area contributed by atoms with E-state index in [1.165, 1.54) is 16.0 Å². The highest BCUT2D eigenvalue weighted by atomic mass is 32.2. The Morgan fingerprint density at radius 3 is 1.62 bits per heavy atom. The minimum absolute atomic E-state index is 0.261. The Kier molecular flexibility index (Phi) is 7.48. The molecule has 8 rings (SSSR count). The number of hydrogen-bond donors (Lipinski definition) is 0. The molecule has 0 saturated heterocycles. The maximum Gasteiger partial charge on any atom is 0.160 e. The number of benzene rings is 6. The van der Waals surface area contributed by atoms with E-state index in [2.05, 4.69) is 123 Å². The summed E-state index contributed by atoms with van der Waals surface area (Å²) < 4.78 is 0. The minimum atomic E-state index is -0.261. The minimum Gasteiger partial charge on any atom is -0.228 e. The van der Waals surface area contributed by atoms with Crippen molar-refractivity contribution in [3.63, 3.8) is 0 Å². The van der Waals surface area contributed by atoms with Crippen molar-refractivity contribution in [1.82, 2.24) is 9.97 Å². The lowest BCUT2D eigenvalue weighted by Crippen LogP contribution is -2.25. The maximum absolute atomic E-state index is 9.82. The summed E-state index contributed by atoms with van der Waals surface area (Å²) in [5.74, 6) is 0.697. The Morgan fingerprint density at radius 1 is 0.500 bits per heavy atom. The molecule has 0 aliphatic carbocycles. The quantitative estimate of drug-likeness (QED) is 0.189. The van der Waals surface area contributed by atoms with Crippen molar-refractivity contribution in [1.29, 1.82) is 5.26 Å². The van der Waals surface area contributed by atoms with Crippen molar-refractivity contribution < 1.29 is 0 Å². The van der Waals surface area contributed by atoms with E-state index < -0.39 is 0 Å². The van der Waals surface area contributed by atoms with Crippen LogP contribution in [0.1, 0.15) is 30.5 Å². The van der Waals surface area contributed by atoms with Crippen LogP contribution in [0, 0.1) is 11.3 Å². The van der Waals surface area contributed by atoms with Crippen molar-refractivity contribution >= 4 is 11.8 Å². The molecule has 1 aliphatic rings. The predicted octanol–water partition coefficient (Wildman–Crippen LogP) is 11.5. The van der Waals surface area contributed by atoms with Gasteiger partial charge in [0.1, 0.15) is 0 Å². The Morgan fingerprint density at radius 2 is 1.02 bits per heavy atom. The SMILES string of the molecule is CC1(C)c2ccc(-c3cccc(-c4cccc(-c5nc(-c6ccccc6)cc(-c6ccccc6)n5)c4)c3)cc2Sc2cccc(C#N)c21. The van der Waals surface area contributed by atoms with Crippen molar-refractivity contribution in [2.75, 3.05) is 0 Å². The van der Waals surface area contributed by atoms with Gasteiger partial charge in [0.05, 0.1) is 23.0 Å². The molecular formula is C44H31N3S. The van der Waals surface area contributed by atoms with Crippen LogP contribution in [0.2, 0.25) is 0 Å². The van der Waals surface area contributed by atoms with Gasteiger partial charge in [-0.2, -0.15) is 5.26 Å². The highest BCUT2D eigenvalue weighted by Crippen LogP contribution is 2.51. The Bertz CT molecular complexity index is 2300. The summed E-state index contributed by atoms with van der Waals surface area (Å²) in [6.07, 6.45) is 0.